The molecule has 1 unspecified atom stereocenters. The van der Waals surface area contributed by atoms with Crippen molar-refractivity contribution in [3.8, 4) is 11.1 Å². The Morgan fingerprint density at radius 3 is 2.65 bits per heavy atom. The Hall–Kier alpha value is -2.11. The molecule has 7 heteroatoms. The number of benzene rings is 2. The van der Waals surface area contributed by atoms with E-state index in [-0.39, 0.29) is 18.1 Å². The van der Waals surface area contributed by atoms with Crippen LogP contribution in [0.4, 0.5) is 4.39 Å². The second-order valence-electron chi connectivity index (χ2n) is 6.05. The predicted molar refractivity (Wildman–Crippen MR) is 99.1 cm³/mol. The molecule has 1 heterocycles. The van der Waals surface area contributed by atoms with E-state index in [1.54, 1.807) is 44.2 Å². The topological polar surface area (TPSA) is 47.9 Å². The normalized spacial score (nSPS) is 19.0. The van der Waals surface area contributed by atoms with Crippen molar-refractivity contribution in [1.29, 1.82) is 0 Å². The molecular formula is C19H16Cl2FNO3. The van der Waals surface area contributed by atoms with Gasteiger partial charge in [0.2, 0.25) is 5.60 Å². The number of halogens is 3. The van der Waals surface area contributed by atoms with Gasteiger partial charge < -0.3 is 9.57 Å². The van der Waals surface area contributed by atoms with Crippen molar-refractivity contribution < 1.29 is 18.8 Å². The average Bonchev–Trinajstić information content (AvgIpc) is 3.00. The predicted octanol–water partition coefficient (Wildman–Crippen LogP) is 5.25. The van der Waals surface area contributed by atoms with Crippen LogP contribution in [-0.4, -0.2) is 23.9 Å². The zero-order valence-electron chi connectivity index (χ0n) is 14.2. The lowest BCUT2D eigenvalue weighted by Crippen LogP contribution is -2.37. The monoisotopic (exact) mass is 395 g/mol. The maximum atomic E-state index is 14.5. The summed E-state index contributed by atoms with van der Waals surface area (Å²) in [5.41, 5.74) is 0.530. The molecule has 0 saturated carbocycles. The summed E-state index contributed by atoms with van der Waals surface area (Å²) in [5, 5.41) is 4.58. The van der Waals surface area contributed by atoms with Crippen LogP contribution >= 0.6 is 23.2 Å². The minimum absolute atomic E-state index is 0.166. The molecule has 0 aliphatic carbocycles. The molecule has 3 rings (SSSR count). The first-order valence-electron chi connectivity index (χ1n) is 8.02. The first kappa shape index (κ1) is 18.7. The van der Waals surface area contributed by atoms with Gasteiger partial charge >= 0.3 is 5.97 Å². The summed E-state index contributed by atoms with van der Waals surface area (Å²) in [5.74, 6) is -1.01. The highest BCUT2D eigenvalue weighted by Crippen LogP contribution is 2.36. The van der Waals surface area contributed by atoms with E-state index >= 15 is 0 Å². The molecule has 2 aromatic carbocycles. The molecule has 0 fully saturated rings. The van der Waals surface area contributed by atoms with Gasteiger partial charge in [-0.25, -0.2) is 9.18 Å². The van der Waals surface area contributed by atoms with Crippen molar-refractivity contribution in [1.82, 2.24) is 0 Å². The molecule has 0 spiro atoms. The van der Waals surface area contributed by atoms with E-state index in [0.717, 1.165) is 0 Å². The third kappa shape index (κ3) is 3.41. The molecule has 26 heavy (non-hydrogen) atoms. The van der Waals surface area contributed by atoms with E-state index in [2.05, 4.69) is 5.16 Å². The van der Waals surface area contributed by atoms with Gasteiger partial charge in [0.25, 0.3) is 0 Å². The summed E-state index contributed by atoms with van der Waals surface area (Å²) in [4.78, 5) is 17.4. The largest absolute Gasteiger partial charge is 0.463 e. The lowest BCUT2D eigenvalue weighted by atomic mass is 9.93. The molecule has 0 saturated heterocycles. The number of nitrogens with zero attached hydrogens (tertiary/aromatic N) is 1. The van der Waals surface area contributed by atoms with Gasteiger partial charge in [0.05, 0.1) is 17.3 Å². The van der Waals surface area contributed by atoms with Gasteiger partial charge in [-0.1, -0.05) is 46.6 Å². The highest BCUT2D eigenvalue weighted by molar-refractivity contribution is 6.35. The summed E-state index contributed by atoms with van der Waals surface area (Å²) >= 11 is 12.4. The van der Waals surface area contributed by atoms with Crippen LogP contribution in [0, 0.1) is 5.82 Å². The van der Waals surface area contributed by atoms with E-state index in [1.165, 1.54) is 6.07 Å². The molecule has 0 radical (unpaired) electrons. The Morgan fingerprint density at radius 2 is 1.96 bits per heavy atom. The standard InChI is InChI=1S/C19H16Cl2FNO3/c1-3-25-18(24)19(2)10-17(23-26-19)13-8-12(16(22)9-15(13)21)11-6-4-5-7-14(11)20/h4-9H,3,10H2,1-2H3. The van der Waals surface area contributed by atoms with Crippen molar-refractivity contribution in [3.63, 3.8) is 0 Å². The average molecular weight is 396 g/mol. The van der Waals surface area contributed by atoms with Crippen LogP contribution < -0.4 is 0 Å². The molecule has 0 aromatic heterocycles. The number of carbonyl (C=O) groups is 1. The number of rotatable bonds is 4. The van der Waals surface area contributed by atoms with E-state index < -0.39 is 17.4 Å². The number of hydrogen-bond donors (Lipinski definition) is 0. The van der Waals surface area contributed by atoms with E-state index in [9.17, 15) is 9.18 Å². The second-order valence-corrected chi connectivity index (χ2v) is 6.86. The summed E-state index contributed by atoms with van der Waals surface area (Å²) in [6, 6.07) is 9.70. The van der Waals surface area contributed by atoms with Crippen molar-refractivity contribution in [2.75, 3.05) is 6.61 Å². The number of carbonyl (C=O) groups excluding carboxylic acids is 1. The van der Waals surface area contributed by atoms with Crippen LogP contribution in [0.2, 0.25) is 10.0 Å². The fraction of sp³-hybridized carbons (Fsp3) is 0.263. The molecule has 1 aliphatic heterocycles. The van der Waals surface area contributed by atoms with Crippen molar-refractivity contribution in [2.24, 2.45) is 5.16 Å². The zero-order chi connectivity index (χ0) is 18.9. The highest BCUT2D eigenvalue weighted by atomic mass is 35.5. The summed E-state index contributed by atoms with van der Waals surface area (Å²) in [7, 11) is 0. The fourth-order valence-corrected chi connectivity index (χ4v) is 3.23. The van der Waals surface area contributed by atoms with Crippen molar-refractivity contribution in [2.45, 2.75) is 25.9 Å². The molecule has 0 bridgehead atoms. The van der Waals surface area contributed by atoms with E-state index in [4.69, 9.17) is 32.8 Å². The number of ether oxygens (including phenoxy) is 1. The molecule has 0 amide bonds. The molecular weight excluding hydrogens is 380 g/mol. The van der Waals surface area contributed by atoms with E-state index in [1.807, 2.05) is 0 Å². The van der Waals surface area contributed by atoms with Gasteiger partial charge in [0, 0.05) is 28.1 Å². The summed E-state index contributed by atoms with van der Waals surface area (Å²) in [6.45, 7) is 3.54. The van der Waals surface area contributed by atoms with Gasteiger partial charge in [0.1, 0.15) is 5.82 Å². The SMILES string of the molecule is CCOC(=O)C1(C)CC(c2cc(-c3ccccc3Cl)c(F)cc2Cl)=NO1. The van der Waals surface area contributed by atoms with Gasteiger partial charge in [-0.2, -0.15) is 0 Å². The smallest absolute Gasteiger partial charge is 0.353 e. The van der Waals surface area contributed by atoms with Crippen LogP contribution in [0.15, 0.2) is 41.6 Å². The molecule has 4 nitrogen and oxygen atoms in total. The fourth-order valence-electron chi connectivity index (χ4n) is 2.73. The highest BCUT2D eigenvalue weighted by Gasteiger charge is 2.44. The minimum Gasteiger partial charge on any atom is -0.463 e. The molecule has 0 N–H and O–H groups in total. The van der Waals surface area contributed by atoms with Crippen molar-refractivity contribution >= 4 is 34.9 Å². The van der Waals surface area contributed by atoms with Gasteiger partial charge in [0.15, 0.2) is 0 Å². The zero-order valence-corrected chi connectivity index (χ0v) is 15.7. The lowest BCUT2D eigenvalue weighted by Gasteiger charge is -2.18. The first-order valence-corrected chi connectivity index (χ1v) is 8.78. The molecule has 1 aliphatic rings. The Balaban J connectivity index is 1.99. The third-order valence-electron chi connectivity index (χ3n) is 4.10. The molecule has 136 valence electrons. The Morgan fingerprint density at radius 1 is 1.23 bits per heavy atom. The third-order valence-corrected chi connectivity index (χ3v) is 4.74. The minimum atomic E-state index is -1.23. The summed E-state index contributed by atoms with van der Waals surface area (Å²) < 4.78 is 19.5. The van der Waals surface area contributed by atoms with Crippen LogP contribution in [0.3, 0.4) is 0 Å². The Bertz CT molecular complexity index is 900. The molecule has 2 aromatic rings. The van der Waals surface area contributed by atoms with Gasteiger partial charge in [-0.15, -0.1) is 0 Å². The maximum absolute atomic E-state index is 14.5. The van der Waals surface area contributed by atoms with Gasteiger partial charge in [-0.3, -0.25) is 0 Å². The second kappa shape index (κ2) is 7.25. The van der Waals surface area contributed by atoms with Crippen LogP contribution in [0.5, 0.6) is 0 Å². The lowest BCUT2D eigenvalue weighted by molar-refractivity contribution is -0.166. The van der Waals surface area contributed by atoms with Gasteiger partial charge in [-0.05, 0) is 32.0 Å². The number of esters is 1. The quantitative estimate of drug-likeness (QED) is 0.664. The van der Waals surface area contributed by atoms with Crippen LogP contribution in [0.1, 0.15) is 25.8 Å². The molecule has 1 atom stereocenters. The maximum Gasteiger partial charge on any atom is 0.353 e. The first-order chi connectivity index (χ1) is 12.4. The van der Waals surface area contributed by atoms with Crippen molar-refractivity contribution in [3.05, 3.63) is 57.8 Å². The van der Waals surface area contributed by atoms with E-state index in [0.29, 0.717) is 27.4 Å². The Kier molecular flexibility index (Phi) is 5.21. The van der Waals surface area contributed by atoms with Crippen LogP contribution in [0.25, 0.3) is 11.1 Å². The number of oxime groups is 1. The van der Waals surface area contributed by atoms with Crippen LogP contribution in [-0.2, 0) is 14.4 Å². The Labute approximate surface area is 160 Å². The summed E-state index contributed by atoms with van der Waals surface area (Å²) in [6.07, 6.45) is 0.166. The number of hydrogen-bond acceptors (Lipinski definition) is 4.